The van der Waals surface area contributed by atoms with E-state index in [-0.39, 0.29) is 16.8 Å². The van der Waals surface area contributed by atoms with Crippen LogP contribution < -0.4 is 16.0 Å². The summed E-state index contributed by atoms with van der Waals surface area (Å²) in [4.78, 5) is 14.6. The fourth-order valence-electron chi connectivity index (χ4n) is 5.56. The molecule has 34 heavy (non-hydrogen) atoms. The van der Waals surface area contributed by atoms with Crippen LogP contribution in [0.4, 0.5) is 20.2 Å². The highest BCUT2D eigenvalue weighted by atomic mass is 19.2. The first-order valence-electron chi connectivity index (χ1n) is 11.3. The highest BCUT2D eigenvalue weighted by Gasteiger charge is 2.55. The molecule has 1 saturated heterocycles. The number of aromatic nitrogens is 5. The second-order valence-corrected chi connectivity index (χ2v) is 9.41. The number of halogens is 2. The third-order valence-electron chi connectivity index (χ3n) is 7.55. The van der Waals surface area contributed by atoms with Crippen LogP contribution in [0.5, 0.6) is 0 Å². The monoisotopic (exact) mass is 460 g/mol. The van der Waals surface area contributed by atoms with Gasteiger partial charge in [0, 0.05) is 73.4 Å². The molecule has 5 heterocycles. The number of fused-ring (bicyclic) bond motifs is 4. The molecular formula is C24H22F2N8. The molecule has 8 nitrogen and oxygen atoms in total. The van der Waals surface area contributed by atoms with E-state index in [1.165, 1.54) is 0 Å². The number of hydrogen-bond acceptors (Lipinski definition) is 6. The van der Waals surface area contributed by atoms with Gasteiger partial charge in [-0.2, -0.15) is 5.10 Å². The second-order valence-electron chi connectivity index (χ2n) is 9.41. The molecule has 1 unspecified atom stereocenters. The van der Waals surface area contributed by atoms with E-state index in [2.05, 4.69) is 30.3 Å². The molecule has 2 aliphatic rings. The Morgan fingerprint density at radius 3 is 2.85 bits per heavy atom. The second kappa shape index (κ2) is 6.63. The Bertz CT molecular complexity index is 1620. The summed E-state index contributed by atoms with van der Waals surface area (Å²) in [6.45, 7) is 1.54. The van der Waals surface area contributed by atoms with Gasteiger partial charge in [-0.25, -0.2) is 23.3 Å². The molecule has 5 aromatic rings. The first-order chi connectivity index (χ1) is 16.5. The van der Waals surface area contributed by atoms with Gasteiger partial charge in [-0.05, 0) is 12.8 Å². The lowest BCUT2D eigenvalue weighted by Crippen LogP contribution is -2.23. The largest absolute Gasteiger partial charge is 0.386 e. The quantitative estimate of drug-likeness (QED) is 0.380. The molecule has 1 aliphatic heterocycles. The number of nitrogens with two attached hydrogens (primary N) is 1. The minimum Gasteiger partial charge on any atom is -0.386 e. The average Bonchev–Trinajstić information content (AvgIpc) is 3.28. The minimum absolute atomic E-state index is 0.0864. The molecule has 172 valence electrons. The normalized spacial score (nSPS) is 22.0. The fourth-order valence-corrected chi connectivity index (χ4v) is 5.56. The van der Waals surface area contributed by atoms with Crippen molar-refractivity contribution in [3.63, 3.8) is 0 Å². The first kappa shape index (κ1) is 19.7. The van der Waals surface area contributed by atoms with Crippen molar-refractivity contribution in [2.24, 2.45) is 11.1 Å². The summed E-state index contributed by atoms with van der Waals surface area (Å²) in [7, 11) is 1.68. The maximum atomic E-state index is 15.4. The van der Waals surface area contributed by atoms with Crippen LogP contribution in [0.25, 0.3) is 38.7 Å². The van der Waals surface area contributed by atoms with Crippen molar-refractivity contribution in [3.8, 4) is 11.1 Å². The van der Waals surface area contributed by atoms with Crippen molar-refractivity contribution in [2.45, 2.75) is 18.9 Å². The summed E-state index contributed by atoms with van der Waals surface area (Å²) >= 11 is 0. The first-order valence-corrected chi connectivity index (χ1v) is 11.3. The number of hydrogen-bond donors (Lipinski definition) is 3. The SMILES string of the molecule is CNc1cc(F)c(F)c2c1[nH]c1ncc(-c3cnc4ccnn4c3)c(N3CCC4(C[C@@H]4N)C3)c12. The molecule has 1 saturated carbocycles. The predicted molar refractivity (Wildman–Crippen MR) is 127 cm³/mol. The standard InChI is InChI=1S/C24H22F2N8/c1-28-15-6-14(25)20(26)18-19-22(33-5-3-24(11-33)7-16(24)27)13(9-30-23(19)32-21(15)18)12-8-29-17-2-4-31-34(17)10-12/h2,4,6,8-10,16,28H,3,5,7,11,27H2,1H3,(H,30,32)/t16-,24?/m0/s1. The highest BCUT2D eigenvalue weighted by molar-refractivity contribution is 6.18. The van der Waals surface area contributed by atoms with Crippen LogP contribution in [0.2, 0.25) is 0 Å². The minimum atomic E-state index is -0.907. The van der Waals surface area contributed by atoms with E-state index in [4.69, 9.17) is 5.73 Å². The molecule has 1 aliphatic carbocycles. The van der Waals surface area contributed by atoms with Crippen molar-refractivity contribution in [2.75, 3.05) is 30.4 Å². The van der Waals surface area contributed by atoms with Gasteiger partial charge in [0.1, 0.15) is 5.65 Å². The molecule has 0 amide bonds. The Balaban J connectivity index is 1.56. The van der Waals surface area contributed by atoms with E-state index in [1.807, 2.05) is 12.3 Å². The van der Waals surface area contributed by atoms with Crippen molar-refractivity contribution in [3.05, 3.63) is 48.6 Å². The number of anilines is 2. The Morgan fingerprint density at radius 2 is 2.09 bits per heavy atom. The Morgan fingerprint density at radius 1 is 1.24 bits per heavy atom. The number of rotatable bonds is 3. The lowest BCUT2D eigenvalue weighted by atomic mass is 10.0. The van der Waals surface area contributed by atoms with Gasteiger partial charge in [0.2, 0.25) is 0 Å². The smallest absolute Gasteiger partial charge is 0.169 e. The Kier molecular flexibility index (Phi) is 3.83. The van der Waals surface area contributed by atoms with Crippen molar-refractivity contribution in [1.29, 1.82) is 0 Å². The number of pyridine rings is 1. The zero-order valence-electron chi connectivity index (χ0n) is 18.4. The molecule has 0 bridgehead atoms. The molecular weight excluding hydrogens is 438 g/mol. The number of nitrogens with zero attached hydrogens (tertiary/aromatic N) is 5. The van der Waals surface area contributed by atoms with Crippen LogP contribution in [-0.4, -0.2) is 50.7 Å². The summed E-state index contributed by atoms with van der Waals surface area (Å²) in [6, 6.07) is 3.16. The van der Waals surface area contributed by atoms with Crippen LogP contribution in [0.3, 0.4) is 0 Å². The predicted octanol–water partition coefficient (Wildman–Crippen LogP) is 3.67. The summed E-state index contributed by atoms with van der Waals surface area (Å²) in [5.41, 5.74) is 11.0. The van der Waals surface area contributed by atoms with Crippen LogP contribution >= 0.6 is 0 Å². The third-order valence-corrected chi connectivity index (χ3v) is 7.55. The lowest BCUT2D eigenvalue weighted by Gasteiger charge is -2.23. The summed E-state index contributed by atoms with van der Waals surface area (Å²) < 4.78 is 31.7. The van der Waals surface area contributed by atoms with Gasteiger partial charge in [0.05, 0.1) is 33.9 Å². The van der Waals surface area contributed by atoms with E-state index in [0.29, 0.717) is 22.2 Å². The maximum absolute atomic E-state index is 15.4. The van der Waals surface area contributed by atoms with E-state index in [1.54, 1.807) is 30.2 Å². The summed E-state index contributed by atoms with van der Waals surface area (Å²) in [5, 5.41) is 8.02. The van der Waals surface area contributed by atoms with Crippen LogP contribution in [-0.2, 0) is 0 Å². The molecule has 0 radical (unpaired) electrons. The van der Waals surface area contributed by atoms with Gasteiger partial charge < -0.3 is 20.9 Å². The van der Waals surface area contributed by atoms with Crippen molar-refractivity contribution in [1.82, 2.24) is 24.6 Å². The Labute approximate surface area is 192 Å². The molecule has 2 atom stereocenters. The van der Waals surface area contributed by atoms with Crippen LogP contribution in [0.15, 0.2) is 36.9 Å². The van der Waals surface area contributed by atoms with E-state index in [9.17, 15) is 4.39 Å². The van der Waals surface area contributed by atoms with Gasteiger partial charge >= 0.3 is 0 Å². The number of nitrogens with one attached hydrogen (secondary N) is 2. The third kappa shape index (κ3) is 2.57. The van der Waals surface area contributed by atoms with E-state index >= 15 is 4.39 Å². The van der Waals surface area contributed by atoms with E-state index in [0.717, 1.165) is 54.5 Å². The van der Waals surface area contributed by atoms with Crippen LogP contribution in [0, 0.1) is 17.0 Å². The van der Waals surface area contributed by atoms with Gasteiger partial charge in [-0.3, -0.25) is 0 Å². The fraction of sp³-hybridized carbons (Fsp3) is 0.292. The Hall–Kier alpha value is -3.79. The number of H-pyrrole nitrogens is 1. The maximum Gasteiger partial charge on any atom is 0.169 e. The summed E-state index contributed by atoms with van der Waals surface area (Å²) in [6.07, 6.45) is 9.05. The highest BCUT2D eigenvalue weighted by Crippen LogP contribution is 2.54. The van der Waals surface area contributed by atoms with Gasteiger partial charge in [0.25, 0.3) is 0 Å². The van der Waals surface area contributed by atoms with Crippen molar-refractivity contribution < 1.29 is 8.78 Å². The molecule has 1 spiro atoms. The molecule has 4 aromatic heterocycles. The van der Waals surface area contributed by atoms with Crippen molar-refractivity contribution >= 4 is 39.0 Å². The molecule has 4 N–H and O–H groups in total. The lowest BCUT2D eigenvalue weighted by molar-refractivity contribution is 0.518. The summed E-state index contributed by atoms with van der Waals surface area (Å²) in [5.74, 6) is -1.80. The zero-order valence-corrected chi connectivity index (χ0v) is 18.4. The van der Waals surface area contributed by atoms with E-state index < -0.39 is 11.6 Å². The van der Waals surface area contributed by atoms with Gasteiger partial charge in [0.15, 0.2) is 17.3 Å². The topological polar surface area (TPSA) is 100 Å². The van der Waals surface area contributed by atoms with Crippen LogP contribution in [0.1, 0.15) is 12.8 Å². The van der Waals surface area contributed by atoms with Gasteiger partial charge in [-0.1, -0.05) is 0 Å². The molecule has 7 rings (SSSR count). The molecule has 1 aromatic carbocycles. The number of benzene rings is 1. The average molecular weight is 460 g/mol. The number of aromatic amines is 1. The molecule has 2 fully saturated rings. The van der Waals surface area contributed by atoms with Gasteiger partial charge in [-0.15, -0.1) is 0 Å². The zero-order chi connectivity index (χ0) is 23.2. The molecule has 10 heteroatoms.